The van der Waals surface area contributed by atoms with Gasteiger partial charge in [-0.25, -0.2) is 0 Å². The van der Waals surface area contributed by atoms with Crippen LogP contribution in [-0.4, -0.2) is 40.3 Å². The molecule has 2 aromatic rings. The lowest BCUT2D eigenvalue weighted by Crippen LogP contribution is -2.23. The SMILES string of the molecule is CCN(CC)c1ccc(/C=N/N2C(=O)CSC2=S)c(OCc2ccccc2)c1. The van der Waals surface area contributed by atoms with Crippen LogP contribution in [0, 0.1) is 0 Å². The maximum Gasteiger partial charge on any atom is 0.259 e. The summed E-state index contributed by atoms with van der Waals surface area (Å²) in [6, 6.07) is 16.1. The van der Waals surface area contributed by atoms with Crippen molar-refractivity contribution in [3.05, 3.63) is 59.7 Å². The van der Waals surface area contributed by atoms with E-state index < -0.39 is 0 Å². The van der Waals surface area contributed by atoms with Gasteiger partial charge in [-0.2, -0.15) is 10.1 Å². The minimum atomic E-state index is -0.0993. The van der Waals surface area contributed by atoms with E-state index in [1.54, 1.807) is 6.21 Å². The third-order valence-corrected chi connectivity index (χ3v) is 5.74. The molecule has 0 aromatic heterocycles. The average molecular weight is 414 g/mol. The second-order valence-corrected chi connectivity index (χ2v) is 7.78. The Morgan fingerprint density at radius 3 is 2.61 bits per heavy atom. The molecule has 1 fully saturated rings. The van der Waals surface area contributed by atoms with Gasteiger partial charge in [-0.3, -0.25) is 4.79 Å². The van der Waals surface area contributed by atoms with E-state index >= 15 is 0 Å². The van der Waals surface area contributed by atoms with Crippen LogP contribution in [0.3, 0.4) is 0 Å². The van der Waals surface area contributed by atoms with Crippen molar-refractivity contribution in [3.8, 4) is 5.75 Å². The Bertz CT molecular complexity index is 851. The van der Waals surface area contributed by atoms with Crippen LogP contribution in [0.25, 0.3) is 0 Å². The number of ether oxygens (including phenoxy) is 1. The van der Waals surface area contributed by atoms with Crippen LogP contribution in [0.4, 0.5) is 5.69 Å². The smallest absolute Gasteiger partial charge is 0.259 e. The molecule has 1 saturated heterocycles. The standard InChI is InChI=1S/C21H23N3O2S2/c1-3-23(4-2)18-11-10-17(13-22-24-20(25)15-28-21(24)27)19(12-18)26-14-16-8-6-5-7-9-16/h5-13H,3-4,14-15H2,1-2H3/b22-13+. The van der Waals surface area contributed by atoms with Crippen molar-refractivity contribution < 1.29 is 9.53 Å². The van der Waals surface area contributed by atoms with Gasteiger partial charge in [0.25, 0.3) is 5.91 Å². The largest absolute Gasteiger partial charge is 0.488 e. The molecular weight excluding hydrogens is 390 g/mol. The van der Waals surface area contributed by atoms with Crippen molar-refractivity contribution in [1.82, 2.24) is 5.01 Å². The molecule has 2 aromatic carbocycles. The number of hydrogen-bond donors (Lipinski definition) is 0. The molecule has 0 N–H and O–H groups in total. The summed E-state index contributed by atoms with van der Waals surface area (Å²) < 4.78 is 6.59. The summed E-state index contributed by atoms with van der Waals surface area (Å²) in [4.78, 5) is 14.1. The fourth-order valence-corrected chi connectivity index (χ4v) is 3.82. The minimum absolute atomic E-state index is 0.0993. The van der Waals surface area contributed by atoms with Crippen LogP contribution in [0.5, 0.6) is 5.75 Å². The maximum atomic E-state index is 11.9. The highest BCUT2D eigenvalue weighted by molar-refractivity contribution is 8.23. The number of thioether (sulfide) groups is 1. The Hall–Kier alpha value is -2.38. The zero-order valence-electron chi connectivity index (χ0n) is 16.0. The Kier molecular flexibility index (Phi) is 7.06. The Labute approximate surface area is 175 Å². The van der Waals surface area contributed by atoms with Gasteiger partial charge in [0, 0.05) is 30.4 Å². The Morgan fingerprint density at radius 1 is 1.21 bits per heavy atom. The number of anilines is 1. The van der Waals surface area contributed by atoms with Gasteiger partial charge in [-0.1, -0.05) is 54.3 Å². The molecule has 146 valence electrons. The van der Waals surface area contributed by atoms with E-state index in [0.29, 0.717) is 16.7 Å². The fraction of sp³-hybridized carbons (Fsp3) is 0.286. The molecule has 1 aliphatic heterocycles. The second-order valence-electron chi connectivity index (χ2n) is 6.17. The first kappa shape index (κ1) is 20.4. The summed E-state index contributed by atoms with van der Waals surface area (Å²) in [7, 11) is 0. The lowest BCUT2D eigenvalue weighted by atomic mass is 10.1. The van der Waals surface area contributed by atoms with Crippen molar-refractivity contribution >= 4 is 46.1 Å². The van der Waals surface area contributed by atoms with Crippen LogP contribution in [0.1, 0.15) is 25.0 Å². The Balaban J connectivity index is 1.86. The van der Waals surface area contributed by atoms with Gasteiger partial charge in [-0.15, -0.1) is 0 Å². The molecule has 1 heterocycles. The average Bonchev–Trinajstić information content (AvgIpc) is 3.05. The van der Waals surface area contributed by atoms with E-state index in [0.717, 1.165) is 35.7 Å². The van der Waals surface area contributed by atoms with E-state index in [1.807, 2.05) is 48.5 Å². The minimum Gasteiger partial charge on any atom is -0.488 e. The molecule has 0 saturated carbocycles. The van der Waals surface area contributed by atoms with Gasteiger partial charge in [0.2, 0.25) is 0 Å². The number of benzene rings is 2. The van der Waals surface area contributed by atoms with E-state index in [9.17, 15) is 4.79 Å². The molecule has 0 bridgehead atoms. The molecular formula is C21H23N3O2S2. The molecule has 3 rings (SSSR count). The van der Waals surface area contributed by atoms with Gasteiger partial charge in [0.05, 0.1) is 12.0 Å². The Morgan fingerprint density at radius 2 is 1.96 bits per heavy atom. The first-order valence-electron chi connectivity index (χ1n) is 9.21. The predicted molar refractivity (Wildman–Crippen MR) is 120 cm³/mol. The third-order valence-electron chi connectivity index (χ3n) is 4.40. The van der Waals surface area contributed by atoms with Gasteiger partial charge in [0.1, 0.15) is 12.4 Å². The van der Waals surface area contributed by atoms with E-state index in [4.69, 9.17) is 17.0 Å². The van der Waals surface area contributed by atoms with Crippen molar-refractivity contribution in [1.29, 1.82) is 0 Å². The van der Waals surface area contributed by atoms with Crippen LogP contribution in [0.15, 0.2) is 53.6 Å². The van der Waals surface area contributed by atoms with Crippen LogP contribution in [-0.2, 0) is 11.4 Å². The monoisotopic (exact) mass is 413 g/mol. The van der Waals surface area contributed by atoms with Gasteiger partial charge in [0.15, 0.2) is 4.32 Å². The first-order valence-corrected chi connectivity index (χ1v) is 10.6. The molecule has 5 nitrogen and oxygen atoms in total. The van der Waals surface area contributed by atoms with Crippen molar-refractivity contribution in [2.45, 2.75) is 20.5 Å². The number of hydrazone groups is 1. The summed E-state index contributed by atoms with van der Waals surface area (Å²) in [5.41, 5.74) is 2.99. The van der Waals surface area contributed by atoms with Crippen LogP contribution < -0.4 is 9.64 Å². The van der Waals surface area contributed by atoms with Crippen molar-refractivity contribution in [3.63, 3.8) is 0 Å². The number of carbonyl (C=O) groups excluding carboxylic acids is 1. The van der Waals surface area contributed by atoms with E-state index in [1.165, 1.54) is 16.8 Å². The highest BCUT2D eigenvalue weighted by Gasteiger charge is 2.26. The van der Waals surface area contributed by atoms with E-state index in [-0.39, 0.29) is 5.91 Å². The lowest BCUT2D eigenvalue weighted by Gasteiger charge is -2.22. The van der Waals surface area contributed by atoms with Gasteiger partial charge in [-0.05, 0) is 31.5 Å². The lowest BCUT2D eigenvalue weighted by molar-refractivity contribution is -0.123. The highest BCUT2D eigenvalue weighted by Crippen LogP contribution is 2.27. The maximum absolute atomic E-state index is 11.9. The topological polar surface area (TPSA) is 45.1 Å². The van der Waals surface area contributed by atoms with Gasteiger partial charge >= 0.3 is 0 Å². The number of carbonyl (C=O) groups is 1. The summed E-state index contributed by atoms with van der Waals surface area (Å²) >= 11 is 6.51. The second kappa shape index (κ2) is 9.71. The molecule has 0 radical (unpaired) electrons. The zero-order chi connectivity index (χ0) is 19.9. The molecule has 7 heteroatoms. The molecule has 0 aliphatic carbocycles. The molecule has 1 aliphatic rings. The number of hydrogen-bond acceptors (Lipinski definition) is 6. The van der Waals surface area contributed by atoms with Crippen LogP contribution in [0.2, 0.25) is 0 Å². The molecule has 1 amide bonds. The number of thiocarbonyl (C=S) groups is 1. The normalized spacial score (nSPS) is 14.1. The van der Waals surface area contributed by atoms with Gasteiger partial charge < -0.3 is 9.64 Å². The number of amides is 1. The number of rotatable bonds is 8. The van der Waals surface area contributed by atoms with Crippen LogP contribution >= 0.6 is 24.0 Å². The van der Waals surface area contributed by atoms with Crippen molar-refractivity contribution in [2.75, 3.05) is 23.7 Å². The summed E-state index contributed by atoms with van der Waals surface area (Å²) in [6.07, 6.45) is 1.64. The van der Waals surface area contributed by atoms with Crippen molar-refractivity contribution in [2.24, 2.45) is 5.10 Å². The highest BCUT2D eigenvalue weighted by atomic mass is 32.2. The molecule has 28 heavy (non-hydrogen) atoms. The summed E-state index contributed by atoms with van der Waals surface area (Å²) in [5, 5.41) is 5.57. The molecule has 0 spiro atoms. The predicted octanol–water partition coefficient (Wildman–Crippen LogP) is 4.31. The summed E-state index contributed by atoms with van der Waals surface area (Å²) in [6.45, 7) is 6.54. The zero-order valence-corrected chi connectivity index (χ0v) is 17.6. The van der Waals surface area contributed by atoms with E-state index in [2.05, 4.69) is 23.8 Å². The first-order chi connectivity index (χ1) is 13.6. The number of nitrogens with zero attached hydrogens (tertiary/aromatic N) is 3. The molecule has 0 unspecified atom stereocenters. The fourth-order valence-electron chi connectivity index (χ4n) is 2.85. The summed E-state index contributed by atoms with van der Waals surface area (Å²) in [5.74, 6) is 0.967. The third kappa shape index (κ3) is 4.91. The molecule has 0 atom stereocenters. The quantitative estimate of drug-likeness (QED) is 0.477.